The van der Waals surface area contributed by atoms with E-state index in [2.05, 4.69) is 21.3 Å². The molecule has 0 atom stereocenters. The molecule has 150 valence electrons. The second-order valence-corrected chi connectivity index (χ2v) is 6.44. The Morgan fingerprint density at radius 2 is 1.76 bits per heavy atom. The number of methoxy groups -OCH3 is 1. The Labute approximate surface area is 172 Å². The molecule has 1 heterocycles. The minimum Gasteiger partial charge on any atom is -0.497 e. The molecular formula is C20H20ClN5O3. The molecule has 0 aliphatic heterocycles. The van der Waals surface area contributed by atoms with Gasteiger partial charge in [0.1, 0.15) is 16.5 Å². The molecule has 0 saturated heterocycles. The van der Waals surface area contributed by atoms with Crippen LogP contribution in [-0.4, -0.2) is 35.2 Å². The van der Waals surface area contributed by atoms with E-state index in [0.717, 1.165) is 17.1 Å². The lowest BCUT2D eigenvalue weighted by Gasteiger charge is -2.09. The summed E-state index contributed by atoms with van der Waals surface area (Å²) in [5, 5.41) is 7.42. The number of hydrazine groups is 1. The number of nitrogens with one attached hydrogen (secondary N) is 3. The number of hydrogen-bond acceptors (Lipinski definition) is 5. The number of para-hydroxylation sites is 1. The lowest BCUT2D eigenvalue weighted by Crippen LogP contribution is -2.44. The zero-order valence-corrected chi connectivity index (χ0v) is 16.7. The van der Waals surface area contributed by atoms with Crippen LogP contribution in [0.2, 0.25) is 5.15 Å². The second-order valence-electron chi connectivity index (χ2n) is 6.08. The third kappa shape index (κ3) is 4.85. The van der Waals surface area contributed by atoms with E-state index in [1.165, 1.54) is 4.68 Å². The van der Waals surface area contributed by atoms with Crippen LogP contribution in [0.15, 0.2) is 54.6 Å². The van der Waals surface area contributed by atoms with Crippen molar-refractivity contribution in [2.75, 3.05) is 19.0 Å². The average Bonchev–Trinajstić information content (AvgIpc) is 3.05. The highest BCUT2D eigenvalue weighted by Crippen LogP contribution is 2.23. The van der Waals surface area contributed by atoms with Gasteiger partial charge in [0.2, 0.25) is 0 Å². The number of nitrogens with zero attached hydrogens (tertiary/aromatic N) is 2. The topological polar surface area (TPSA) is 97.3 Å². The van der Waals surface area contributed by atoms with E-state index in [0.29, 0.717) is 5.69 Å². The fraction of sp³-hybridized carbons (Fsp3) is 0.150. The SMILES string of the molecule is COc1ccc(NCC(=O)NNC(=O)c2c(C)nn(-c3ccccc3)c2Cl)cc1. The normalized spacial score (nSPS) is 10.3. The van der Waals surface area contributed by atoms with E-state index in [9.17, 15) is 9.59 Å². The predicted octanol–water partition coefficient (Wildman–Crippen LogP) is 2.72. The van der Waals surface area contributed by atoms with Gasteiger partial charge >= 0.3 is 0 Å². The van der Waals surface area contributed by atoms with Gasteiger partial charge in [-0.1, -0.05) is 29.8 Å². The van der Waals surface area contributed by atoms with Crippen molar-refractivity contribution in [1.29, 1.82) is 0 Å². The van der Waals surface area contributed by atoms with Crippen LogP contribution >= 0.6 is 11.6 Å². The maximum atomic E-state index is 12.5. The molecule has 0 aliphatic rings. The Balaban J connectivity index is 1.57. The molecule has 8 nitrogen and oxygen atoms in total. The number of halogens is 1. The highest BCUT2D eigenvalue weighted by molar-refractivity contribution is 6.33. The van der Waals surface area contributed by atoms with E-state index in [1.54, 1.807) is 38.3 Å². The summed E-state index contributed by atoms with van der Waals surface area (Å²) >= 11 is 6.34. The summed E-state index contributed by atoms with van der Waals surface area (Å²) in [5.41, 5.74) is 6.83. The first-order chi connectivity index (χ1) is 14.0. The second kappa shape index (κ2) is 9.11. The van der Waals surface area contributed by atoms with Crippen molar-refractivity contribution in [3.05, 3.63) is 71.0 Å². The monoisotopic (exact) mass is 413 g/mol. The molecular weight excluding hydrogens is 394 g/mol. The summed E-state index contributed by atoms with van der Waals surface area (Å²) in [6.45, 7) is 1.65. The molecule has 0 saturated carbocycles. The van der Waals surface area contributed by atoms with E-state index in [-0.39, 0.29) is 17.3 Å². The Bertz CT molecular complexity index is 1000. The molecule has 0 unspecified atom stereocenters. The quantitative estimate of drug-likeness (QED) is 0.540. The van der Waals surface area contributed by atoms with Crippen molar-refractivity contribution in [1.82, 2.24) is 20.6 Å². The minimum atomic E-state index is -0.549. The molecule has 3 rings (SSSR count). The first kappa shape index (κ1) is 20.2. The first-order valence-electron chi connectivity index (χ1n) is 8.77. The van der Waals surface area contributed by atoms with Crippen molar-refractivity contribution < 1.29 is 14.3 Å². The summed E-state index contributed by atoms with van der Waals surface area (Å²) in [6.07, 6.45) is 0. The molecule has 2 amide bonds. The summed E-state index contributed by atoms with van der Waals surface area (Å²) in [6, 6.07) is 16.3. The third-order valence-corrected chi connectivity index (χ3v) is 4.44. The Hall–Kier alpha value is -3.52. The maximum absolute atomic E-state index is 12.5. The van der Waals surface area contributed by atoms with Crippen molar-refractivity contribution in [3.63, 3.8) is 0 Å². The van der Waals surface area contributed by atoms with Gasteiger partial charge in [-0.25, -0.2) is 4.68 Å². The molecule has 29 heavy (non-hydrogen) atoms. The smallest absolute Gasteiger partial charge is 0.274 e. The lowest BCUT2D eigenvalue weighted by molar-refractivity contribution is -0.120. The molecule has 2 aromatic carbocycles. The molecule has 0 radical (unpaired) electrons. The maximum Gasteiger partial charge on any atom is 0.274 e. The van der Waals surface area contributed by atoms with Crippen molar-refractivity contribution in [3.8, 4) is 11.4 Å². The molecule has 0 spiro atoms. The van der Waals surface area contributed by atoms with Gasteiger partial charge in [0.15, 0.2) is 0 Å². The number of amides is 2. The van der Waals surface area contributed by atoms with Crippen LogP contribution in [0.1, 0.15) is 16.1 Å². The van der Waals surface area contributed by atoms with Crippen molar-refractivity contribution in [2.45, 2.75) is 6.92 Å². The van der Waals surface area contributed by atoms with Gasteiger partial charge in [0, 0.05) is 5.69 Å². The standard InChI is InChI=1S/C20H20ClN5O3/c1-13-18(19(21)26(25-13)15-6-4-3-5-7-15)20(28)24-23-17(27)12-22-14-8-10-16(29-2)11-9-14/h3-11,22H,12H2,1-2H3,(H,23,27)(H,24,28). The Morgan fingerprint density at radius 3 is 2.41 bits per heavy atom. The molecule has 1 aromatic heterocycles. The molecule has 0 aliphatic carbocycles. The van der Waals surface area contributed by atoms with E-state index < -0.39 is 11.8 Å². The zero-order valence-electron chi connectivity index (χ0n) is 15.9. The average molecular weight is 414 g/mol. The van der Waals surface area contributed by atoms with Crippen LogP contribution in [0.25, 0.3) is 5.69 Å². The highest BCUT2D eigenvalue weighted by Gasteiger charge is 2.21. The van der Waals surface area contributed by atoms with Crippen LogP contribution in [-0.2, 0) is 4.79 Å². The minimum absolute atomic E-state index is 0.0252. The van der Waals surface area contributed by atoms with Gasteiger partial charge < -0.3 is 10.1 Å². The van der Waals surface area contributed by atoms with Gasteiger partial charge in [-0.15, -0.1) is 0 Å². The van der Waals surface area contributed by atoms with Gasteiger partial charge in [-0.2, -0.15) is 5.10 Å². The number of aromatic nitrogens is 2. The first-order valence-corrected chi connectivity index (χ1v) is 9.15. The number of carbonyl (C=O) groups is 2. The third-order valence-electron chi connectivity index (χ3n) is 4.09. The van der Waals surface area contributed by atoms with Gasteiger partial charge in [0.25, 0.3) is 11.8 Å². The van der Waals surface area contributed by atoms with E-state index >= 15 is 0 Å². The summed E-state index contributed by atoms with van der Waals surface area (Å²) in [7, 11) is 1.58. The van der Waals surface area contributed by atoms with Crippen LogP contribution < -0.4 is 20.9 Å². The van der Waals surface area contributed by atoms with Crippen molar-refractivity contribution in [2.24, 2.45) is 0 Å². The van der Waals surface area contributed by atoms with Crippen LogP contribution in [0.4, 0.5) is 5.69 Å². The Morgan fingerprint density at radius 1 is 1.07 bits per heavy atom. The molecule has 0 bridgehead atoms. The fourth-order valence-corrected chi connectivity index (χ4v) is 2.98. The number of aryl methyl sites for hydroxylation is 1. The van der Waals surface area contributed by atoms with Gasteiger partial charge in [-0.05, 0) is 43.3 Å². The number of carbonyl (C=O) groups excluding carboxylic acids is 2. The number of anilines is 1. The molecule has 3 aromatic rings. The van der Waals surface area contributed by atoms with E-state index in [1.807, 2.05) is 30.3 Å². The predicted molar refractivity (Wildman–Crippen MR) is 110 cm³/mol. The van der Waals surface area contributed by atoms with Crippen molar-refractivity contribution >= 4 is 29.1 Å². The molecule has 0 fully saturated rings. The molecule has 9 heteroatoms. The lowest BCUT2D eigenvalue weighted by atomic mass is 10.2. The summed E-state index contributed by atoms with van der Waals surface area (Å²) < 4.78 is 6.55. The number of benzene rings is 2. The largest absolute Gasteiger partial charge is 0.497 e. The fourth-order valence-electron chi connectivity index (χ4n) is 2.62. The number of ether oxygens (including phenoxy) is 1. The van der Waals surface area contributed by atoms with Crippen LogP contribution in [0.5, 0.6) is 5.75 Å². The summed E-state index contributed by atoms with van der Waals surface area (Å²) in [5.74, 6) is -0.249. The Kier molecular flexibility index (Phi) is 6.36. The van der Waals surface area contributed by atoms with Gasteiger partial charge in [0.05, 0.1) is 25.0 Å². The van der Waals surface area contributed by atoms with Gasteiger partial charge in [-0.3, -0.25) is 20.4 Å². The number of rotatable bonds is 6. The van der Waals surface area contributed by atoms with E-state index in [4.69, 9.17) is 16.3 Å². The number of hydrogen-bond donors (Lipinski definition) is 3. The highest BCUT2D eigenvalue weighted by atomic mass is 35.5. The zero-order chi connectivity index (χ0) is 20.8. The molecule has 3 N–H and O–H groups in total. The van der Waals surface area contributed by atoms with Crippen LogP contribution in [0, 0.1) is 6.92 Å². The summed E-state index contributed by atoms with van der Waals surface area (Å²) in [4.78, 5) is 24.5. The van der Waals surface area contributed by atoms with Crippen LogP contribution in [0.3, 0.4) is 0 Å².